The van der Waals surface area contributed by atoms with Gasteiger partial charge < -0.3 is 30.0 Å². The molecule has 1 saturated heterocycles. The summed E-state index contributed by atoms with van der Waals surface area (Å²) < 4.78 is 16.0. The smallest absolute Gasteiger partial charge is 0.407 e. The summed E-state index contributed by atoms with van der Waals surface area (Å²) in [6, 6.07) is 15.5. The molecule has 1 aliphatic heterocycles. The van der Waals surface area contributed by atoms with Gasteiger partial charge >= 0.3 is 12.1 Å². The third-order valence-electron chi connectivity index (χ3n) is 6.86. The molecule has 0 radical (unpaired) electrons. The first-order valence-corrected chi connectivity index (χ1v) is 11.6. The van der Waals surface area contributed by atoms with Crippen LogP contribution in [0.2, 0.25) is 0 Å². The highest BCUT2D eigenvalue weighted by molar-refractivity contribution is 5.83. The second kappa shape index (κ2) is 10.5. The molecule has 3 atom stereocenters. The number of hydrogen-bond acceptors (Lipinski definition) is 6. The molecule has 2 aromatic carbocycles. The Morgan fingerprint density at radius 1 is 1.11 bits per heavy atom. The summed E-state index contributed by atoms with van der Waals surface area (Å²) in [5.41, 5.74) is 3.35. The molecule has 0 aromatic heterocycles. The van der Waals surface area contributed by atoms with E-state index in [4.69, 9.17) is 14.2 Å². The largest absolute Gasteiger partial charge is 0.481 e. The minimum Gasteiger partial charge on any atom is -0.481 e. The van der Waals surface area contributed by atoms with Crippen molar-refractivity contribution in [3.8, 4) is 11.1 Å². The first kappa shape index (κ1) is 24.7. The highest BCUT2D eigenvalue weighted by Crippen LogP contribution is 2.44. The third-order valence-corrected chi connectivity index (χ3v) is 6.86. The van der Waals surface area contributed by atoms with Gasteiger partial charge in [-0.1, -0.05) is 48.5 Å². The molecule has 2 aromatic rings. The van der Waals surface area contributed by atoms with Gasteiger partial charge in [0.25, 0.3) is 0 Å². The maximum absolute atomic E-state index is 12.6. The molecular formula is C26H30N2O7. The lowest BCUT2D eigenvalue weighted by Gasteiger charge is -2.27. The fourth-order valence-electron chi connectivity index (χ4n) is 4.66. The first-order chi connectivity index (χ1) is 16.8. The molecule has 2 aliphatic rings. The SMILES string of the molecule is COC(CCNC(=O)OCC1c2ccccc2-c2ccccc21)C(=O)NC1COCC1(C)C(=O)O. The quantitative estimate of drug-likeness (QED) is 0.502. The Labute approximate surface area is 203 Å². The van der Waals surface area contributed by atoms with E-state index in [9.17, 15) is 19.5 Å². The number of carbonyl (C=O) groups excluding carboxylic acids is 2. The number of fused-ring (bicyclic) bond motifs is 3. The number of alkyl carbamates (subject to hydrolysis) is 1. The molecular weight excluding hydrogens is 452 g/mol. The molecule has 0 bridgehead atoms. The standard InChI is InChI=1S/C26H30N2O7/c1-26(24(30)31)15-34-14-22(26)28-23(29)21(33-2)11-12-27-25(32)35-13-20-18-9-5-3-7-16(18)17-8-4-6-10-19(17)20/h3-10,20-22H,11-15H2,1-2H3,(H,27,32)(H,28,29)(H,30,31). The van der Waals surface area contributed by atoms with Crippen LogP contribution in [0.4, 0.5) is 4.79 Å². The molecule has 0 saturated carbocycles. The molecule has 4 rings (SSSR count). The van der Waals surface area contributed by atoms with Crippen molar-refractivity contribution in [3.63, 3.8) is 0 Å². The Kier molecular flexibility index (Phi) is 7.37. The van der Waals surface area contributed by atoms with E-state index in [1.54, 1.807) is 0 Å². The number of hydrogen-bond donors (Lipinski definition) is 3. The molecule has 1 aliphatic carbocycles. The molecule has 186 valence electrons. The van der Waals surface area contributed by atoms with Gasteiger partial charge in [-0.3, -0.25) is 9.59 Å². The van der Waals surface area contributed by atoms with Crippen molar-refractivity contribution in [2.45, 2.75) is 31.4 Å². The summed E-state index contributed by atoms with van der Waals surface area (Å²) in [7, 11) is 1.39. The summed E-state index contributed by atoms with van der Waals surface area (Å²) in [4.78, 5) is 36.5. The maximum Gasteiger partial charge on any atom is 0.407 e. The van der Waals surface area contributed by atoms with Crippen molar-refractivity contribution in [1.82, 2.24) is 10.6 Å². The Bertz CT molecular complexity index is 1060. The Balaban J connectivity index is 1.26. The van der Waals surface area contributed by atoms with E-state index in [1.165, 1.54) is 14.0 Å². The molecule has 2 amide bonds. The van der Waals surface area contributed by atoms with Gasteiger partial charge in [0.1, 0.15) is 18.1 Å². The average Bonchev–Trinajstić information content (AvgIpc) is 3.39. The van der Waals surface area contributed by atoms with E-state index in [1.807, 2.05) is 36.4 Å². The Morgan fingerprint density at radius 2 is 1.74 bits per heavy atom. The van der Waals surface area contributed by atoms with E-state index < -0.39 is 35.5 Å². The number of aliphatic carboxylic acids is 1. The lowest BCUT2D eigenvalue weighted by molar-refractivity contribution is -0.149. The first-order valence-electron chi connectivity index (χ1n) is 11.6. The topological polar surface area (TPSA) is 123 Å². The van der Waals surface area contributed by atoms with E-state index >= 15 is 0 Å². The van der Waals surface area contributed by atoms with Crippen molar-refractivity contribution in [3.05, 3.63) is 59.7 Å². The molecule has 1 fully saturated rings. The van der Waals surface area contributed by atoms with Crippen molar-refractivity contribution >= 4 is 18.0 Å². The van der Waals surface area contributed by atoms with Crippen LogP contribution in [0.25, 0.3) is 11.1 Å². The Hall–Kier alpha value is -3.43. The van der Waals surface area contributed by atoms with Gasteiger partial charge in [-0.2, -0.15) is 0 Å². The second-order valence-corrected chi connectivity index (χ2v) is 9.06. The number of rotatable bonds is 9. The summed E-state index contributed by atoms with van der Waals surface area (Å²) in [6.07, 6.45) is -1.24. The van der Waals surface area contributed by atoms with E-state index in [-0.39, 0.29) is 38.7 Å². The van der Waals surface area contributed by atoms with E-state index in [2.05, 4.69) is 22.8 Å². The lowest BCUT2D eigenvalue weighted by atomic mass is 9.85. The number of amides is 2. The van der Waals surface area contributed by atoms with Crippen LogP contribution in [0.5, 0.6) is 0 Å². The van der Waals surface area contributed by atoms with Crippen LogP contribution in [-0.4, -0.2) is 68.7 Å². The number of carbonyl (C=O) groups is 3. The van der Waals surface area contributed by atoms with Gasteiger partial charge in [-0.25, -0.2) is 4.79 Å². The highest BCUT2D eigenvalue weighted by Gasteiger charge is 2.47. The van der Waals surface area contributed by atoms with Crippen LogP contribution in [-0.2, 0) is 23.8 Å². The number of benzene rings is 2. The van der Waals surface area contributed by atoms with Crippen LogP contribution in [0.15, 0.2) is 48.5 Å². The maximum atomic E-state index is 12.6. The van der Waals surface area contributed by atoms with Gasteiger partial charge in [0, 0.05) is 26.0 Å². The molecule has 35 heavy (non-hydrogen) atoms. The van der Waals surface area contributed by atoms with Crippen LogP contribution in [0.3, 0.4) is 0 Å². The zero-order chi connectivity index (χ0) is 25.0. The fourth-order valence-corrected chi connectivity index (χ4v) is 4.66. The molecule has 3 unspecified atom stereocenters. The minimum atomic E-state index is -1.20. The van der Waals surface area contributed by atoms with E-state index in [0.29, 0.717) is 0 Å². The monoisotopic (exact) mass is 482 g/mol. The number of carboxylic acid groups (broad SMARTS) is 1. The van der Waals surface area contributed by atoms with Crippen LogP contribution >= 0.6 is 0 Å². The number of ether oxygens (including phenoxy) is 3. The summed E-state index contributed by atoms with van der Waals surface area (Å²) in [5.74, 6) is -1.53. The molecule has 3 N–H and O–H groups in total. The fraction of sp³-hybridized carbons (Fsp3) is 0.423. The van der Waals surface area contributed by atoms with Crippen LogP contribution < -0.4 is 10.6 Å². The number of carboxylic acids is 1. The van der Waals surface area contributed by atoms with Gasteiger partial charge in [0.15, 0.2) is 0 Å². The average molecular weight is 483 g/mol. The van der Waals surface area contributed by atoms with Gasteiger partial charge in [0.05, 0.1) is 19.3 Å². The number of methoxy groups -OCH3 is 1. The van der Waals surface area contributed by atoms with Crippen molar-refractivity contribution in [2.24, 2.45) is 5.41 Å². The summed E-state index contributed by atoms with van der Waals surface area (Å²) in [5, 5.41) is 14.8. The normalized spacial score (nSPS) is 21.6. The zero-order valence-electron chi connectivity index (χ0n) is 19.8. The lowest BCUT2D eigenvalue weighted by Crippen LogP contribution is -2.52. The molecule has 9 heteroatoms. The minimum absolute atomic E-state index is 0.0221. The van der Waals surface area contributed by atoms with Gasteiger partial charge in [0.2, 0.25) is 5.91 Å². The molecule has 9 nitrogen and oxygen atoms in total. The summed E-state index contributed by atoms with van der Waals surface area (Å²) >= 11 is 0. The van der Waals surface area contributed by atoms with Gasteiger partial charge in [-0.15, -0.1) is 0 Å². The van der Waals surface area contributed by atoms with Crippen molar-refractivity contribution in [2.75, 3.05) is 33.5 Å². The predicted octanol–water partition coefficient (Wildman–Crippen LogP) is 2.54. The van der Waals surface area contributed by atoms with Crippen LogP contribution in [0, 0.1) is 5.41 Å². The van der Waals surface area contributed by atoms with Crippen molar-refractivity contribution < 1.29 is 33.7 Å². The van der Waals surface area contributed by atoms with Gasteiger partial charge in [-0.05, 0) is 29.2 Å². The Morgan fingerprint density at radius 3 is 2.34 bits per heavy atom. The van der Waals surface area contributed by atoms with Crippen molar-refractivity contribution in [1.29, 1.82) is 0 Å². The molecule has 1 heterocycles. The third kappa shape index (κ3) is 5.01. The second-order valence-electron chi connectivity index (χ2n) is 9.06. The number of nitrogens with one attached hydrogen (secondary N) is 2. The predicted molar refractivity (Wildman–Crippen MR) is 127 cm³/mol. The van der Waals surface area contributed by atoms with E-state index in [0.717, 1.165) is 22.3 Å². The highest BCUT2D eigenvalue weighted by atomic mass is 16.5. The summed E-state index contributed by atoms with van der Waals surface area (Å²) in [6.45, 7) is 2.02. The zero-order valence-corrected chi connectivity index (χ0v) is 19.8. The van der Waals surface area contributed by atoms with Crippen LogP contribution in [0.1, 0.15) is 30.4 Å². The molecule has 0 spiro atoms.